The average molecular weight is 489 g/mol. The standard InChI is InChI=1S/C36H24S/c1-36(24-13-3-2-4-14-24)29-19-6-5-15-27(29)34-25(16-9-20-30(34)36)26-17-10-22-32-35(26)28-18-7-11-23-12-8-21-31(37-32)33(23)28/h2-22H,1H3. The Balaban J connectivity index is 1.46. The van der Waals surface area contributed by atoms with Crippen LogP contribution in [-0.4, -0.2) is 0 Å². The van der Waals surface area contributed by atoms with E-state index in [9.17, 15) is 0 Å². The van der Waals surface area contributed by atoms with Gasteiger partial charge in [-0.3, -0.25) is 0 Å². The predicted octanol–water partition coefficient (Wildman–Crippen LogP) is 9.97. The third kappa shape index (κ3) is 2.81. The van der Waals surface area contributed by atoms with Crippen molar-refractivity contribution in [2.24, 2.45) is 0 Å². The van der Waals surface area contributed by atoms with E-state index < -0.39 is 0 Å². The largest absolute Gasteiger partial charge is 0.0888 e. The summed E-state index contributed by atoms with van der Waals surface area (Å²) in [6, 6.07) is 47.1. The molecule has 1 aliphatic heterocycles. The molecule has 37 heavy (non-hydrogen) atoms. The SMILES string of the molecule is CC1(c2ccccc2)c2ccccc2-c2c(-c3cccc4c3-c3cccc5cccc(c35)S4)cccc21. The van der Waals surface area contributed by atoms with Gasteiger partial charge in [0.1, 0.15) is 0 Å². The van der Waals surface area contributed by atoms with Gasteiger partial charge < -0.3 is 0 Å². The van der Waals surface area contributed by atoms with Crippen LogP contribution in [0, 0.1) is 0 Å². The van der Waals surface area contributed by atoms with E-state index in [1.54, 1.807) is 0 Å². The van der Waals surface area contributed by atoms with E-state index in [1.807, 2.05) is 11.8 Å². The first-order valence-electron chi connectivity index (χ1n) is 12.9. The van der Waals surface area contributed by atoms with Gasteiger partial charge in [-0.05, 0) is 69.0 Å². The van der Waals surface area contributed by atoms with Gasteiger partial charge in [-0.15, -0.1) is 0 Å². The summed E-state index contributed by atoms with van der Waals surface area (Å²) in [6.45, 7) is 2.39. The molecule has 2 aliphatic rings. The van der Waals surface area contributed by atoms with Gasteiger partial charge in [0.15, 0.2) is 0 Å². The van der Waals surface area contributed by atoms with Crippen LogP contribution >= 0.6 is 11.8 Å². The minimum Gasteiger partial charge on any atom is -0.0888 e. The van der Waals surface area contributed by atoms with Gasteiger partial charge in [0.2, 0.25) is 0 Å². The third-order valence-corrected chi connectivity index (χ3v) is 9.48. The molecule has 0 nitrogen and oxygen atoms in total. The first kappa shape index (κ1) is 21.1. The highest BCUT2D eigenvalue weighted by Gasteiger charge is 2.41. The summed E-state index contributed by atoms with van der Waals surface area (Å²) in [5.41, 5.74) is 12.0. The maximum Gasteiger partial charge on any atom is 0.0435 e. The Hall–Kier alpha value is -4.07. The van der Waals surface area contributed by atoms with Gasteiger partial charge in [-0.2, -0.15) is 0 Å². The lowest BCUT2D eigenvalue weighted by Crippen LogP contribution is -2.22. The molecule has 6 aromatic carbocycles. The molecule has 0 fully saturated rings. The molecule has 0 spiro atoms. The maximum atomic E-state index is 2.39. The van der Waals surface area contributed by atoms with E-state index >= 15 is 0 Å². The van der Waals surface area contributed by atoms with E-state index in [2.05, 4.69) is 134 Å². The van der Waals surface area contributed by atoms with Crippen LogP contribution in [0.15, 0.2) is 137 Å². The molecule has 0 N–H and O–H groups in total. The highest BCUT2D eigenvalue weighted by Crippen LogP contribution is 2.57. The van der Waals surface area contributed by atoms with E-state index in [0.29, 0.717) is 0 Å². The molecular formula is C36H24S. The molecule has 1 atom stereocenters. The zero-order chi connectivity index (χ0) is 24.6. The van der Waals surface area contributed by atoms with Crippen molar-refractivity contribution in [2.75, 3.05) is 0 Å². The molecule has 0 aromatic heterocycles. The Morgan fingerprint density at radius 2 is 1.05 bits per heavy atom. The van der Waals surface area contributed by atoms with Crippen molar-refractivity contribution in [2.45, 2.75) is 22.1 Å². The molecule has 0 bridgehead atoms. The third-order valence-electron chi connectivity index (χ3n) is 8.36. The Morgan fingerprint density at radius 3 is 1.92 bits per heavy atom. The molecule has 1 unspecified atom stereocenters. The molecule has 1 heteroatoms. The lowest BCUT2D eigenvalue weighted by Gasteiger charge is -2.28. The lowest BCUT2D eigenvalue weighted by molar-refractivity contribution is 0.714. The fraction of sp³-hybridized carbons (Fsp3) is 0.0556. The van der Waals surface area contributed by atoms with Gasteiger partial charge in [-0.25, -0.2) is 0 Å². The van der Waals surface area contributed by atoms with Gasteiger partial charge >= 0.3 is 0 Å². The monoisotopic (exact) mass is 488 g/mol. The second-order valence-corrected chi connectivity index (χ2v) is 11.3. The summed E-state index contributed by atoms with van der Waals surface area (Å²) in [4.78, 5) is 2.68. The molecule has 1 aliphatic carbocycles. The molecule has 174 valence electrons. The van der Waals surface area contributed by atoms with Crippen LogP contribution in [0.2, 0.25) is 0 Å². The molecule has 8 rings (SSSR count). The van der Waals surface area contributed by atoms with Crippen LogP contribution in [0.5, 0.6) is 0 Å². The number of hydrogen-bond acceptors (Lipinski definition) is 1. The quantitative estimate of drug-likeness (QED) is 0.233. The van der Waals surface area contributed by atoms with E-state index in [4.69, 9.17) is 0 Å². The smallest absolute Gasteiger partial charge is 0.0435 e. The minimum absolute atomic E-state index is 0.195. The van der Waals surface area contributed by atoms with Gasteiger partial charge in [0.05, 0.1) is 0 Å². The Labute approximate surface area is 221 Å². The normalized spacial score (nSPS) is 16.8. The first-order chi connectivity index (χ1) is 18.2. The second-order valence-electron chi connectivity index (χ2n) is 10.2. The van der Waals surface area contributed by atoms with Gasteiger partial charge in [0, 0.05) is 26.2 Å². The fourth-order valence-corrected chi connectivity index (χ4v) is 7.87. The zero-order valence-electron chi connectivity index (χ0n) is 20.5. The highest BCUT2D eigenvalue weighted by molar-refractivity contribution is 7.99. The van der Waals surface area contributed by atoms with Gasteiger partial charge in [0.25, 0.3) is 0 Å². The van der Waals surface area contributed by atoms with Crippen molar-refractivity contribution >= 4 is 22.5 Å². The Bertz CT molecular complexity index is 1860. The van der Waals surface area contributed by atoms with Crippen LogP contribution in [0.1, 0.15) is 23.6 Å². The zero-order valence-corrected chi connectivity index (χ0v) is 21.3. The van der Waals surface area contributed by atoms with Crippen molar-refractivity contribution in [1.29, 1.82) is 0 Å². The van der Waals surface area contributed by atoms with Crippen molar-refractivity contribution in [1.82, 2.24) is 0 Å². The highest BCUT2D eigenvalue weighted by atomic mass is 32.2. The first-order valence-corrected chi connectivity index (χ1v) is 13.7. The molecule has 0 saturated carbocycles. The van der Waals surface area contributed by atoms with Crippen LogP contribution in [0.4, 0.5) is 0 Å². The summed E-state index contributed by atoms with van der Waals surface area (Å²) in [5, 5.41) is 2.68. The number of fused-ring (bicyclic) bond motifs is 5. The summed E-state index contributed by atoms with van der Waals surface area (Å²) in [5.74, 6) is 0. The number of rotatable bonds is 2. The van der Waals surface area contributed by atoms with Crippen molar-refractivity contribution < 1.29 is 0 Å². The Morgan fingerprint density at radius 1 is 0.459 bits per heavy atom. The van der Waals surface area contributed by atoms with Crippen molar-refractivity contribution in [3.05, 3.63) is 144 Å². The molecule has 0 saturated heterocycles. The van der Waals surface area contributed by atoms with Crippen molar-refractivity contribution in [3.8, 4) is 33.4 Å². The molecule has 0 radical (unpaired) electrons. The molecular weight excluding hydrogens is 464 g/mol. The van der Waals surface area contributed by atoms with E-state index in [1.165, 1.54) is 70.6 Å². The van der Waals surface area contributed by atoms with Crippen LogP contribution in [-0.2, 0) is 5.41 Å². The summed E-state index contributed by atoms with van der Waals surface area (Å²) < 4.78 is 0. The second kappa shape index (κ2) is 7.71. The number of benzene rings is 6. The average Bonchev–Trinajstić information content (AvgIpc) is 3.23. The molecule has 1 heterocycles. The lowest BCUT2D eigenvalue weighted by atomic mass is 9.74. The predicted molar refractivity (Wildman–Crippen MR) is 156 cm³/mol. The van der Waals surface area contributed by atoms with Gasteiger partial charge in [-0.1, -0.05) is 127 Å². The van der Waals surface area contributed by atoms with Crippen LogP contribution in [0.25, 0.3) is 44.2 Å². The molecule has 0 amide bonds. The summed E-state index contributed by atoms with van der Waals surface area (Å²) in [7, 11) is 0. The van der Waals surface area contributed by atoms with Crippen LogP contribution in [0.3, 0.4) is 0 Å². The maximum absolute atomic E-state index is 2.39. The fourth-order valence-electron chi connectivity index (χ4n) is 6.69. The van der Waals surface area contributed by atoms with Crippen molar-refractivity contribution in [3.63, 3.8) is 0 Å². The topological polar surface area (TPSA) is 0 Å². The number of hydrogen-bond donors (Lipinski definition) is 0. The van der Waals surface area contributed by atoms with E-state index in [0.717, 1.165) is 0 Å². The summed E-state index contributed by atoms with van der Waals surface area (Å²) >= 11 is 1.90. The van der Waals surface area contributed by atoms with Crippen LogP contribution < -0.4 is 0 Å². The Kier molecular flexibility index (Phi) is 4.39. The van der Waals surface area contributed by atoms with E-state index in [-0.39, 0.29) is 5.41 Å². The molecule has 6 aromatic rings. The summed E-state index contributed by atoms with van der Waals surface area (Å²) in [6.07, 6.45) is 0. The minimum atomic E-state index is -0.195.